The summed E-state index contributed by atoms with van der Waals surface area (Å²) in [5.41, 5.74) is 3.95. The molecule has 3 heteroatoms. The first-order chi connectivity index (χ1) is 9.69. The van der Waals surface area contributed by atoms with E-state index in [2.05, 4.69) is 38.0 Å². The molecule has 2 aromatic rings. The van der Waals surface area contributed by atoms with E-state index < -0.39 is 0 Å². The molecule has 0 aliphatic carbocycles. The highest BCUT2D eigenvalue weighted by Gasteiger charge is 2.19. The fourth-order valence-electron chi connectivity index (χ4n) is 2.49. The number of nitrogens with zero attached hydrogens (tertiary/aromatic N) is 2. The Kier molecular flexibility index (Phi) is 4.83. The molecule has 0 atom stereocenters. The molecule has 2 rings (SSSR count). The van der Waals surface area contributed by atoms with Gasteiger partial charge in [0.2, 0.25) is 0 Å². The van der Waals surface area contributed by atoms with Gasteiger partial charge in [-0.15, -0.1) is 0 Å². The van der Waals surface area contributed by atoms with Crippen molar-refractivity contribution in [3.8, 4) is 17.0 Å². The second-order valence-electron chi connectivity index (χ2n) is 5.29. The third kappa shape index (κ3) is 2.87. The smallest absolute Gasteiger partial charge is 0.164 e. The lowest BCUT2D eigenvalue weighted by atomic mass is 10.0. The monoisotopic (exact) mass is 272 g/mol. The molecule has 1 heterocycles. The van der Waals surface area contributed by atoms with E-state index in [4.69, 9.17) is 0 Å². The van der Waals surface area contributed by atoms with Crippen molar-refractivity contribution in [3.63, 3.8) is 0 Å². The van der Waals surface area contributed by atoms with Gasteiger partial charge in [0.05, 0.1) is 0 Å². The average Bonchev–Trinajstić information content (AvgIpc) is 2.74. The predicted octanol–water partition coefficient (Wildman–Crippen LogP) is 4.32. The van der Waals surface area contributed by atoms with Gasteiger partial charge in [0.25, 0.3) is 0 Å². The van der Waals surface area contributed by atoms with Gasteiger partial charge in [-0.1, -0.05) is 44.5 Å². The van der Waals surface area contributed by atoms with Crippen molar-refractivity contribution in [2.24, 2.45) is 0 Å². The minimum atomic E-state index is 0.362. The van der Waals surface area contributed by atoms with Crippen LogP contribution in [0, 0.1) is 6.92 Å². The zero-order valence-corrected chi connectivity index (χ0v) is 12.7. The van der Waals surface area contributed by atoms with E-state index in [-0.39, 0.29) is 0 Å². The second kappa shape index (κ2) is 6.60. The zero-order valence-electron chi connectivity index (χ0n) is 12.7. The maximum Gasteiger partial charge on any atom is 0.164 e. The highest BCUT2D eigenvalue weighted by Crippen LogP contribution is 2.35. The lowest BCUT2D eigenvalue weighted by Gasteiger charge is -2.09. The summed E-state index contributed by atoms with van der Waals surface area (Å²) in [6, 6.07) is 8.16. The van der Waals surface area contributed by atoms with Gasteiger partial charge in [-0.2, -0.15) is 5.10 Å². The first-order valence-corrected chi connectivity index (χ1v) is 7.53. The van der Waals surface area contributed by atoms with Gasteiger partial charge in [0.1, 0.15) is 11.4 Å². The van der Waals surface area contributed by atoms with Crippen LogP contribution < -0.4 is 0 Å². The molecule has 0 radical (unpaired) electrons. The molecule has 20 heavy (non-hydrogen) atoms. The lowest BCUT2D eigenvalue weighted by molar-refractivity contribution is 0.468. The van der Waals surface area contributed by atoms with E-state index in [0.29, 0.717) is 5.75 Å². The Bertz CT molecular complexity index is 572. The van der Waals surface area contributed by atoms with Crippen LogP contribution in [0.1, 0.15) is 44.4 Å². The van der Waals surface area contributed by atoms with Gasteiger partial charge in [0.15, 0.2) is 5.75 Å². The maximum absolute atomic E-state index is 10.6. The van der Waals surface area contributed by atoms with Gasteiger partial charge < -0.3 is 5.11 Å². The van der Waals surface area contributed by atoms with E-state index in [1.54, 1.807) is 0 Å². The van der Waals surface area contributed by atoms with E-state index in [0.717, 1.165) is 49.2 Å². The van der Waals surface area contributed by atoms with Crippen molar-refractivity contribution in [3.05, 3.63) is 35.5 Å². The van der Waals surface area contributed by atoms with E-state index >= 15 is 0 Å². The zero-order chi connectivity index (χ0) is 14.5. The normalized spacial score (nSPS) is 10.9. The fourth-order valence-corrected chi connectivity index (χ4v) is 2.49. The molecular formula is C17H24N2O. The number of hydrogen-bond acceptors (Lipinski definition) is 2. The SMILES string of the molecule is CCCCc1nn(CCC)c(-c2ccccc2C)c1O. The Labute approximate surface area is 121 Å². The number of aromatic hydroxyl groups is 1. The minimum absolute atomic E-state index is 0.362. The van der Waals surface area contributed by atoms with Crippen LogP contribution in [-0.4, -0.2) is 14.9 Å². The highest BCUT2D eigenvalue weighted by atomic mass is 16.3. The van der Waals surface area contributed by atoms with Gasteiger partial charge in [0, 0.05) is 12.1 Å². The van der Waals surface area contributed by atoms with Crippen molar-refractivity contribution >= 4 is 0 Å². The van der Waals surface area contributed by atoms with Crippen LogP contribution in [0.15, 0.2) is 24.3 Å². The van der Waals surface area contributed by atoms with Gasteiger partial charge in [-0.05, 0) is 31.7 Å². The first kappa shape index (κ1) is 14.6. The molecule has 3 nitrogen and oxygen atoms in total. The minimum Gasteiger partial charge on any atom is -0.504 e. The lowest BCUT2D eigenvalue weighted by Crippen LogP contribution is -2.02. The third-order valence-electron chi connectivity index (χ3n) is 3.60. The number of benzene rings is 1. The number of hydrogen-bond donors (Lipinski definition) is 1. The molecule has 0 saturated heterocycles. The summed E-state index contributed by atoms with van der Waals surface area (Å²) in [7, 11) is 0. The molecule has 0 fully saturated rings. The van der Waals surface area contributed by atoms with Crippen LogP contribution in [0.5, 0.6) is 5.75 Å². The Morgan fingerprint density at radius 3 is 2.55 bits per heavy atom. The van der Waals surface area contributed by atoms with E-state index in [1.807, 2.05) is 16.8 Å². The average molecular weight is 272 g/mol. The van der Waals surface area contributed by atoms with Crippen molar-refractivity contribution in [2.45, 2.75) is 53.0 Å². The quantitative estimate of drug-likeness (QED) is 0.850. The predicted molar refractivity (Wildman–Crippen MR) is 83.0 cm³/mol. The Hall–Kier alpha value is -1.77. The van der Waals surface area contributed by atoms with Gasteiger partial charge in [-0.25, -0.2) is 0 Å². The van der Waals surface area contributed by atoms with Crippen LogP contribution >= 0.6 is 0 Å². The molecule has 0 bridgehead atoms. The second-order valence-corrected chi connectivity index (χ2v) is 5.29. The van der Waals surface area contributed by atoms with Gasteiger partial charge in [-0.3, -0.25) is 4.68 Å². The molecule has 0 aliphatic rings. The number of rotatable bonds is 6. The Morgan fingerprint density at radius 1 is 1.15 bits per heavy atom. The molecule has 1 aromatic heterocycles. The maximum atomic E-state index is 10.6. The number of aromatic nitrogens is 2. The van der Waals surface area contributed by atoms with Crippen LogP contribution in [0.2, 0.25) is 0 Å². The molecule has 0 unspecified atom stereocenters. The van der Waals surface area contributed by atoms with Crippen molar-refractivity contribution in [2.75, 3.05) is 0 Å². The van der Waals surface area contributed by atoms with Crippen LogP contribution in [-0.2, 0) is 13.0 Å². The fraction of sp³-hybridized carbons (Fsp3) is 0.471. The highest BCUT2D eigenvalue weighted by molar-refractivity contribution is 5.70. The van der Waals surface area contributed by atoms with Crippen LogP contribution in [0.3, 0.4) is 0 Å². The molecule has 0 amide bonds. The van der Waals surface area contributed by atoms with E-state index in [9.17, 15) is 5.11 Å². The van der Waals surface area contributed by atoms with Crippen molar-refractivity contribution < 1.29 is 5.11 Å². The topological polar surface area (TPSA) is 38.0 Å². The van der Waals surface area contributed by atoms with Gasteiger partial charge >= 0.3 is 0 Å². The molecule has 108 valence electrons. The molecule has 1 aromatic carbocycles. The standard InChI is InChI=1S/C17H24N2O/c1-4-6-11-15-17(20)16(19(18-15)12-5-2)14-10-8-7-9-13(14)3/h7-10,20H,4-6,11-12H2,1-3H3. The summed E-state index contributed by atoms with van der Waals surface area (Å²) in [5.74, 6) is 0.362. The Morgan fingerprint density at radius 2 is 1.90 bits per heavy atom. The summed E-state index contributed by atoms with van der Waals surface area (Å²) in [6.07, 6.45) is 4.02. The molecular weight excluding hydrogens is 248 g/mol. The summed E-state index contributed by atoms with van der Waals surface area (Å²) >= 11 is 0. The summed E-state index contributed by atoms with van der Waals surface area (Å²) in [6.45, 7) is 7.20. The van der Waals surface area contributed by atoms with Crippen molar-refractivity contribution in [1.82, 2.24) is 9.78 Å². The third-order valence-corrected chi connectivity index (χ3v) is 3.60. The summed E-state index contributed by atoms with van der Waals surface area (Å²) in [5, 5.41) is 15.2. The largest absolute Gasteiger partial charge is 0.504 e. The molecule has 0 aliphatic heterocycles. The Balaban J connectivity index is 2.49. The number of unbranched alkanes of at least 4 members (excludes halogenated alkanes) is 1. The van der Waals surface area contributed by atoms with Crippen LogP contribution in [0.4, 0.5) is 0 Å². The van der Waals surface area contributed by atoms with E-state index in [1.165, 1.54) is 5.56 Å². The molecule has 0 saturated carbocycles. The molecule has 1 N–H and O–H groups in total. The molecule has 0 spiro atoms. The first-order valence-electron chi connectivity index (χ1n) is 7.53. The van der Waals surface area contributed by atoms with Crippen LogP contribution in [0.25, 0.3) is 11.3 Å². The number of aryl methyl sites for hydroxylation is 3. The van der Waals surface area contributed by atoms with Crippen molar-refractivity contribution in [1.29, 1.82) is 0 Å². The summed E-state index contributed by atoms with van der Waals surface area (Å²) in [4.78, 5) is 0. The summed E-state index contributed by atoms with van der Waals surface area (Å²) < 4.78 is 1.96.